The fourth-order valence-electron chi connectivity index (χ4n) is 2.90. The Kier molecular flexibility index (Phi) is 3.02. The molecule has 1 aliphatic rings. The van der Waals surface area contributed by atoms with Gasteiger partial charge in [0.1, 0.15) is 6.20 Å². The Bertz CT molecular complexity index is 810. The van der Waals surface area contributed by atoms with Gasteiger partial charge in [-0.3, -0.25) is 0 Å². The van der Waals surface area contributed by atoms with Crippen LogP contribution in [0.5, 0.6) is 0 Å². The van der Waals surface area contributed by atoms with Crippen molar-refractivity contribution in [3.63, 3.8) is 0 Å². The molecule has 0 saturated heterocycles. The van der Waals surface area contributed by atoms with Crippen LogP contribution in [0.2, 0.25) is 0 Å². The summed E-state index contributed by atoms with van der Waals surface area (Å²) in [5.41, 5.74) is 6.82. The summed E-state index contributed by atoms with van der Waals surface area (Å²) < 4.78 is 1.26. The van der Waals surface area contributed by atoms with Crippen LogP contribution in [0.15, 0.2) is 41.1 Å². The number of hydrogen-bond donors (Lipinski definition) is 1. The van der Waals surface area contributed by atoms with Crippen molar-refractivity contribution in [2.75, 3.05) is 0 Å². The number of aromatic nitrogens is 2. The van der Waals surface area contributed by atoms with E-state index in [1.165, 1.54) is 14.4 Å². The van der Waals surface area contributed by atoms with E-state index in [1.807, 2.05) is 6.08 Å². The number of thiophene rings is 2. The first-order valence-electron chi connectivity index (χ1n) is 6.77. The lowest BCUT2D eigenvalue weighted by Crippen LogP contribution is -2.32. The molecule has 3 heterocycles. The zero-order valence-electron chi connectivity index (χ0n) is 11.5. The average Bonchev–Trinajstić information content (AvgIpc) is 3.26. The van der Waals surface area contributed by atoms with E-state index < -0.39 is 6.03 Å². The summed E-state index contributed by atoms with van der Waals surface area (Å²) in [6.07, 6.45) is 7.70. The van der Waals surface area contributed by atoms with Gasteiger partial charge in [0.2, 0.25) is 0 Å². The fourth-order valence-corrected chi connectivity index (χ4v) is 4.81. The van der Waals surface area contributed by atoms with Crippen LogP contribution >= 0.6 is 22.7 Å². The first-order valence-corrected chi connectivity index (χ1v) is 8.53. The number of rotatable bonds is 2. The van der Waals surface area contributed by atoms with Crippen LogP contribution < -0.4 is 5.73 Å². The number of fused-ring (bicyclic) bond motifs is 1. The van der Waals surface area contributed by atoms with Crippen LogP contribution in [0.3, 0.4) is 0 Å². The molecule has 0 aromatic carbocycles. The highest BCUT2D eigenvalue weighted by Crippen LogP contribution is 2.44. The largest absolute Gasteiger partial charge is 0.350 e. The number of carbonyl (C=O) groups excluding carboxylic acids is 1. The van der Waals surface area contributed by atoms with Crippen LogP contribution in [-0.2, 0) is 11.8 Å². The van der Waals surface area contributed by atoms with E-state index in [0.717, 1.165) is 11.3 Å². The smallest absolute Gasteiger partial charge is 0.339 e. The lowest BCUT2D eigenvalue weighted by molar-refractivity contribution is 0.246. The van der Waals surface area contributed by atoms with E-state index in [0.29, 0.717) is 6.42 Å². The van der Waals surface area contributed by atoms with Crippen LogP contribution in [0.25, 0.3) is 6.08 Å². The number of allylic oxidation sites excluding steroid dienone is 1. The number of primary amides is 1. The van der Waals surface area contributed by atoms with Gasteiger partial charge in [-0.2, -0.15) is 9.78 Å². The van der Waals surface area contributed by atoms with Gasteiger partial charge in [0.15, 0.2) is 0 Å². The highest BCUT2D eigenvalue weighted by Gasteiger charge is 2.38. The molecular formula is C16H12N3OS2. The molecule has 3 aromatic rings. The van der Waals surface area contributed by atoms with Gasteiger partial charge in [-0.1, -0.05) is 24.3 Å². The molecule has 0 bridgehead atoms. The normalized spacial score (nSPS) is 15.6. The molecule has 0 fully saturated rings. The minimum absolute atomic E-state index is 0.267. The summed E-state index contributed by atoms with van der Waals surface area (Å²) >= 11 is 3.43. The molecule has 3 aromatic heterocycles. The van der Waals surface area contributed by atoms with Gasteiger partial charge in [-0.25, -0.2) is 4.79 Å². The lowest BCUT2D eigenvalue weighted by Gasteiger charge is -2.31. The third-order valence-corrected chi connectivity index (χ3v) is 6.04. The Morgan fingerprint density at radius 3 is 2.50 bits per heavy atom. The molecule has 0 saturated carbocycles. The molecule has 4 rings (SSSR count). The predicted molar refractivity (Wildman–Crippen MR) is 88.2 cm³/mol. The number of hydrogen-bond acceptors (Lipinski definition) is 4. The van der Waals surface area contributed by atoms with Crippen LogP contribution in [0.1, 0.15) is 21.0 Å². The summed E-state index contributed by atoms with van der Waals surface area (Å²) in [7, 11) is 0. The molecule has 1 radical (unpaired) electrons. The third-order valence-electron chi connectivity index (χ3n) is 3.95. The SMILES string of the molecule is NC(=O)n1n[c]c2c1CC(c1cccs1)(c1cccs1)C=C2. The number of amides is 1. The first-order chi connectivity index (χ1) is 10.7. The maximum atomic E-state index is 11.6. The Morgan fingerprint density at radius 1 is 1.27 bits per heavy atom. The van der Waals surface area contributed by atoms with E-state index in [9.17, 15) is 4.79 Å². The summed E-state index contributed by atoms with van der Waals surface area (Å²) in [6, 6.07) is 7.80. The van der Waals surface area contributed by atoms with E-state index >= 15 is 0 Å². The lowest BCUT2D eigenvalue weighted by atomic mass is 9.76. The molecule has 0 spiro atoms. The van der Waals surface area contributed by atoms with Crippen molar-refractivity contribution in [1.82, 2.24) is 9.78 Å². The van der Waals surface area contributed by atoms with Gasteiger partial charge in [0, 0.05) is 21.7 Å². The fraction of sp³-hybridized carbons (Fsp3) is 0.125. The van der Waals surface area contributed by atoms with Gasteiger partial charge in [-0.05, 0) is 22.9 Å². The quantitative estimate of drug-likeness (QED) is 0.785. The Hall–Kier alpha value is -2.18. The van der Waals surface area contributed by atoms with Crippen molar-refractivity contribution < 1.29 is 4.79 Å². The van der Waals surface area contributed by atoms with E-state index in [4.69, 9.17) is 5.73 Å². The highest BCUT2D eigenvalue weighted by atomic mass is 32.1. The van der Waals surface area contributed by atoms with Crippen molar-refractivity contribution in [1.29, 1.82) is 0 Å². The Balaban J connectivity index is 1.92. The maximum Gasteiger partial charge on any atom is 0.339 e. The Morgan fingerprint density at radius 2 is 1.95 bits per heavy atom. The van der Waals surface area contributed by atoms with Crippen molar-refractivity contribution in [2.24, 2.45) is 5.73 Å². The molecule has 0 aliphatic heterocycles. The van der Waals surface area contributed by atoms with E-state index in [-0.39, 0.29) is 5.41 Å². The van der Waals surface area contributed by atoms with Crippen molar-refractivity contribution in [2.45, 2.75) is 11.8 Å². The number of carbonyl (C=O) groups is 1. The van der Waals surface area contributed by atoms with Gasteiger partial charge < -0.3 is 5.73 Å². The third kappa shape index (κ3) is 1.88. The highest BCUT2D eigenvalue weighted by molar-refractivity contribution is 7.11. The van der Waals surface area contributed by atoms with Crippen molar-refractivity contribution in [3.05, 3.63) is 68.3 Å². The van der Waals surface area contributed by atoms with Crippen LogP contribution in [-0.4, -0.2) is 15.8 Å². The number of nitrogens with zero attached hydrogens (tertiary/aromatic N) is 2. The van der Waals surface area contributed by atoms with Crippen LogP contribution in [0.4, 0.5) is 4.79 Å². The molecule has 6 heteroatoms. The van der Waals surface area contributed by atoms with Gasteiger partial charge in [0.05, 0.1) is 11.1 Å². The topological polar surface area (TPSA) is 60.9 Å². The summed E-state index contributed by atoms with van der Waals surface area (Å²) in [4.78, 5) is 14.1. The first kappa shape index (κ1) is 13.5. The second-order valence-corrected chi connectivity index (χ2v) is 7.05. The van der Waals surface area contributed by atoms with Crippen LogP contribution in [0, 0.1) is 6.20 Å². The second-order valence-electron chi connectivity index (χ2n) is 5.16. The second kappa shape index (κ2) is 4.93. The predicted octanol–water partition coefficient (Wildman–Crippen LogP) is 3.29. The minimum Gasteiger partial charge on any atom is -0.350 e. The van der Waals surface area contributed by atoms with Crippen molar-refractivity contribution in [3.8, 4) is 0 Å². The van der Waals surface area contributed by atoms with Gasteiger partial charge in [0.25, 0.3) is 0 Å². The maximum absolute atomic E-state index is 11.6. The summed E-state index contributed by atoms with van der Waals surface area (Å²) in [5, 5.41) is 8.15. The molecule has 2 N–H and O–H groups in total. The molecule has 1 aliphatic carbocycles. The van der Waals surface area contributed by atoms with Gasteiger partial charge >= 0.3 is 6.03 Å². The van der Waals surface area contributed by atoms with E-state index in [2.05, 4.69) is 52.4 Å². The molecule has 0 unspecified atom stereocenters. The zero-order valence-corrected chi connectivity index (χ0v) is 13.2. The molecule has 1 amide bonds. The molecule has 4 nitrogen and oxygen atoms in total. The number of nitrogens with two attached hydrogens (primary N) is 1. The molecule has 0 atom stereocenters. The minimum atomic E-state index is -0.570. The van der Waals surface area contributed by atoms with E-state index in [1.54, 1.807) is 22.7 Å². The average molecular weight is 326 g/mol. The standard InChI is InChI=1S/C16H12N3OS2/c17-15(20)19-12-9-16(13-3-1-7-21-13,14-4-2-8-22-14)6-5-11(12)10-18-19/h1-8H,9H2,(H2,17,20). The monoisotopic (exact) mass is 326 g/mol. The Labute approximate surface area is 135 Å². The molecular weight excluding hydrogens is 314 g/mol. The summed E-state index contributed by atoms with van der Waals surface area (Å²) in [5.74, 6) is 0. The van der Waals surface area contributed by atoms with Gasteiger partial charge in [-0.15, -0.1) is 22.7 Å². The molecule has 22 heavy (non-hydrogen) atoms. The summed E-state index contributed by atoms with van der Waals surface area (Å²) in [6.45, 7) is 0. The zero-order chi connectivity index (χ0) is 15.2. The van der Waals surface area contributed by atoms with Crippen molar-refractivity contribution >= 4 is 34.8 Å². The molecule has 109 valence electrons.